The topological polar surface area (TPSA) is 41.1 Å². The lowest BCUT2D eigenvalue weighted by Gasteiger charge is -2.16. The van der Waals surface area contributed by atoms with Crippen LogP contribution in [-0.2, 0) is 16.6 Å². The lowest BCUT2D eigenvalue weighted by atomic mass is 9.95. The van der Waals surface area contributed by atoms with Gasteiger partial charge in [0.15, 0.2) is 0 Å². The van der Waals surface area contributed by atoms with E-state index in [4.69, 9.17) is 0 Å². The van der Waals surface area contributed by atoms with Crippen molar-refractivity contribution in [2.45, 2.75) is 24.7 Å². The first-order valence-electron chi connectivity index (χ1n) is 7.52. The minimum atomic E-state index is -0.307. The molecule has 4 rings (SSSR count). The van der Waals surface area contributed by atoms with Gasteiger partial charge in [-0.05, 0) is 48.6 Å². The summed E-state index contributed by atoms with van der Waals surface area (Å²) in [6.45, 7) is 0.987. The number of carbonyl (C=O) groups is 1. The molecule has 1 heterocycles. The fourth-order valence-corrected chi connectivity index (χ4v) is 3.16. The zero-order valence-electron chi connectivity index (χ0n) is 12.3. The van der Waals surface area contributed by atoms with E-state index in [1.807, 2.05) is 24.3 Å². The molecule has 3 nitrogen and oxygen atoms in total. The fourth-order valence-electron chi connectivity index (χ4n) is 3.16. The second kappa shape index (κ2) is 5.65. The van der Waals surface area contributed by atoms with Gasteiger partial charge in [-0.2, -0.15) is 0 Å². The maximum atomic E-state index is 12.7. The van der Waals surface area contributed by atoms with Crippen LogP contribution < -0.4 is 10.6 Å². The van der Waals surface area contributed by atoms with Crippen molar-refractivity contribution in [3.63, 3.8) is 0 Å². The Labute approximate surface area is 136 Å². The van der Waals surface area contributed by atoms with E-state index in [-0.39, 0.29) is 23.7 Å². The second-order valence-electron chi connectivity index (χ2n) is 5.95. The Morgan fingerprint density at radius 2 is 1.86 bits per heavy atom. The summed E-state index contributed by atoms with van der Waals surface area (Å²) in [6.07, 6.45) is 2.91. The molecule has 0 spiro atoms. The van der Waals surface area contributed by atoms with Crippen LogP contribution in [0.3, 0.4) is 0 Å². The van der Waals surface area contributed by atoms with Crippen molar-refractivity contribution in [3.8, 4) is 0 Å². The maximum absolute atomic E-state index is 12.7. The number of amides is 1. The monoisotopic (exact) mass is 314 g/mol. The third-order valence-corrected chi connectivity index (χ3v) is 4.58. The number of anilines is 2. The van der Waals surface area contributed by atoms with Gasteiger partial charge in [0.1, 0.15) is 0 Å². The lowest BCUT2D eigenvalue weighted by molar-refractivity contribution is -0.118. The number of carbonyl (C=O) groups excluding carboxylic acids is 1. The zero-order valence-corrected chi connectivity index (χ0v) is 13.1. The van der Waals surface area contributed by atoms with E-state index in [1.54, 1.807) is 0 Å². The van der Waals surface area contributed by atoms with Gasteiger partial charge < -0.3 is 10.6 Å². The van der Waals surface area contributed by atoms with Crippen molar-refractivity contribution in [1.82, 2.24) is 0 Å². The van der Waals surface area contributed by atoms with Gasteiger partial charge in [-0.1, -0.05) is 30.3 Å². The molecular weight excluding hydrogens is 296 g/mol. The van der Waals surface area contributed by atoms with Crippen LogP contribution in [0.2, 0.25) is 0 Å². The molecule has 1 fully saturated rings. The molecule has 2 aromatic carbocycles. The second-order valence-corrected chi connectivity index (χ2v) is 5.95. The standard InChI is InChI=1S/C18H18N2O.ClH/c21-17(18(9-10-18)14-4-2-1-3-5-14)20-15-6-7-16-13(12-15)8-11-19-16;/h1-7,12,19H,8-11H2,(H,20,21);1H. The van der Waals surface area contributed by atoms with Crippen molar-refractivity contribution in [3.05, 3.63) is 59.7 Å². The minimum absolute atomic E-state index is 0. The first kappa shape index (κ1) is 14.9. The molecule has 2 N–H and O–H groups in total. The first-order valence-corrected chi connectivity index (χ1v) is 7.52. The average Bonchev–Trinajstić information content (AvgIpc) is 3.21. The molecule has 2 aliphatic rings. The van der Waals surface area contributed by atoms with Crippen LogP contribution in [0.5, 0.6) is 0 Å². The molecule has 1 saturated carbocycles. The van der Waals surface area contributed by atoms with Gasteiger partial charge in [-0.25, -0.2) is 0 Å². The molecule has 0 unspecified atom stereocenters. The highest BCUT2D eigenvalue weighted by Gasteiger charge is 2.51. The van der Waals surface area contributed by atoms with Gasteiger partial charge in [0.05, 0.1) is 5.41 Å². The fraction of sp³-hybridized carbons (Fsp3) is 0.278. The van der Waals surface area contributed by atoms with Gasteiger partial charge >= 0.3 is 0 Å². The molecule has 2 aromatic rings. The molecule has 114 valence electrons. The van der Waals surface area contributed by atoms with Crippen molar-refractivity contribution >= 4 is 29.7 Å². The summed E-state index contributed by atoms with van der Waals surface area (Å²) in [5, 5.41) is 6.44. The predicted octanol–water partition coefficient (Wildman–Crippen LogP) is 3.75. The van der Waals surface area contributed by atoms with E-state index < -0.39 is 0 Å². The third-order valence-electron chi connectivity index (χ3n) is 4.58. The van der Waals surface area contributed by atoms with E-state index in [0.29, 0.717) is 0 Å². The summed E-state index contributed by atoms with van der Waals surface area (Å²) in [6, 6.07) is 16.2. The summed E-state index contributed by atoms with van der Waals surface area (Å²) in [7, 11) is 0. The summed E-state index contributed by atoms with van der Waals surface area (Å²) < 4.78 is 0. The molecule has 0 radical (unpaired) electrons. The predicted molar refractivity (Wildman–Crippen MR) is 91.9 cm³/mol. The summed E-state index contributed by atoms with van der Waals surface area (Å²) in [4.78, 5) is 12.7. The van der Waals surface area contributed by atoms with E-state index in [2.05, 4.69) is 34.9 Å². The van der Waals surface area contributed by atoms with Gasteiger partial charge in [-0.15, -0.1) is 12.4 Å². The van der Waals surface area contributed by atoms with E-state index in [1.165, 1.54) is 11.3 Å². The lowest BCUT2D eigenvalue weighted by Crippen LogP contribution is -2.27. The molecule has 1 aliphatic heterocycles. The Balaban J connectivity index is 0.00000144. The molecule has 1 amide bonds. The highest BCUT2D eigenvalue weighted by atomic mass is 35.5. The van der Waals surface area contributed by atoms with Crippen molar-refractivity contribution < 1.29 is 4.79 Å². The number of benzene rings is 2. The Hall–Kier alpha value is -2.00. The molecule has 22 heavy (non-hydrogen) atoms. The first-order chi connectivity index (χ1) is 10.3. The van der Waals surface area contributed by atoms with Crippen LogP contribution in [0, 0.1) is 0 Å². The van der Waals surface area contributed by atoms with Crippen LogP contribution in [0.15, 0.2) is 48.5 Å². The Bertz CT molecular complexity index is 695. The van der Waals surface area contributed by atoms with Gasteiger partial charge in [0.25, 0.3) is 0 Å². The van der Waals surface area contributed by atoms with Gasteiger partial charge in [0, 0.05) is 17.9 Å². The zero-order chi connectivity index (χ0) is 14.3. The summed E-state index contributed by atoms with van der Waals surface area (Å²) in [5.74, 6) is 0.125. The Morgan fingerprint density at radius 3 is 2.59 bits per heavy atom. The number of rotatable bonds is 3. The summed E-state index contributed by atoms with van der Waals surface area (Å²) >= 11 is 0. The van der Waals surface area contributed by atoms with Crippen LogP contribution >= 0.6 is 12.4 Å². The number of halogens is 1. The van der Waals surface area contributed by atoms with E-state index >= 15 is 0 Å². The number of fused-ring (bicyclic) bond motifs is 1. The van der Waals surface area contributed by atoms with Crippen LogP contribution in [0.1, 0.15) is 24.0 Å². The van der Waals surface area contributed by atoms with E-state index in [0.717, 1.165) is 37.1 Å². The van der Waals surface area contributed by atoms with E-state index in [9.17, 15) is 4.79 Å². The maximum Gasteiger partial charge on any atom is 0.235 e. The molecule has 0 bridgehead atoms. The smallest absolute Gasteiger partial charge is 0.235 e. The summed E-state index contributed by atoms with van der Waals surface area (Å²) in [5.41, 5.74) is 4.21. The molecule has 0 saturated heterocycles. The van der Waals surface area contributed by atoms with Crippen LogP contribution in [0.4, 0.5) is 11.4 Å². The third kappa shape index (κ3) is 2.46. The quantitative estimate of drug-likeness (QED) is 0.906. The molecular formula is C18H19ClN2O. The highest BCUT2D eigenvalue weighted by Crippen LogP contribution is 2.49. The van der Waals surface area contributed by atoms with Crippen molar-refractivity contribution in [2.75, 3.05) is 17.2 Å². The van der Waals surface area contributed by atoms with Crippen LogP contribution in [-0.4, -0.2) is 12.5 Å². The Morgan fingerprint density at radius 1 is 1.09 bits per heavy atom. The molecule has 0 atom stereocenters. The SMILES string of the molecule is Cl.O=C(Nc1ccc2c(c1)CCN2)C1(c2ccccc2)CC1. The van der Waals surface area contributed by atoms with Crippen LogP contribution in [0.25, 0.3) is 0 Å². The number of hydrogen-bond acceptors (Lipinski definition) is 2. The number of nitrogens with one attached hydrogen (secondary N) is 2. The van der Waals surface area contributed by atoms with Crippen molar-refractivity contribution in [1.29, 1.82) is 0 Å². The molecule has 1 aliphatic carbocycles. The average molecular weight is 315 g/mol. The highest BCUT2D eigenvalue weighted by molar-refractivity contribution is 6.01. The minimum Gasteiger partial charge on any atom is -0.384 e. The Kier molecular flexibility index (Phi) is 3.83. The number of hydrogen-bond donors (Lipinski definition) is 2. The van der Waals surface area contributed by atoms with Gasteiger partial charge in [-0.3, -0.25) is 4.79 Å². The van der Waals surface area contributed by atoms with Gasteiger partial charge in [0.2, 0.25) is 5.91 Å². The molecule has 4 heteroatoms. The largest absolute Gasteiger partial charge is 0.384 e. The normalized spacial score (nSPS) is 16.9. The van der Waals surface area contributed by atoms with Crippen molar-refractivity contribution in [2.24, 2.45) is 0 Å². The molecule has 0 aromatic heterocycles.